The molecule has 0 unspecified atom stereocenters. The predicted molar refractivity (Wildman–Crippen MR) is 35.9 cm³/mol. The summed E-state index contributed by atoms with van der Waals surface area (Å²) in [5.74, 6) is 0. The van der Waals surface area contributed by atoms with Crippen LogP contribution in [-0.2, 0) is 4.84 Å². The van der Waals surface area contributed by atoms with Crippen molar-refractivity contribution in [1.29, 1.82) is 0 Å². The molecule has 3 nitrogen and oxygen atoms in total. The molecule has 1 fully saturated rings. The van der Waals surface area contributed by atoms with Crippen LogP contribution >= 0.6 is 0 Å². The first-order valence-electron chi connectivity index (χ1n) is 3.07. The molecule has 0 aliphatic carbocycles. The van der Waals surface area contributed by atoms with Gasteiger partial charge in [0, 0.05) is 6.54 Å². The van der Waals surface area contributed by atoms with E-state index in [0.29, 0.717) is 0 Å². The highest BCUT2D eigenvalue weighted by molar-refractivity contribution is 4.50. The van der Waals surface area contributed by atoms with E-state index >= 15 is 0 Å². The Morgan fingerprint density at radius 3 is 1.56 bits per heavy atom. The molecule has 1 rings (SSSR count). The smallest absolute Gasteiger partial charge is 0.0830 e. The molecular formula is C6H15NO2. The summed E-state index contributed by atoms with van der Waals surface area (Å²) < 4.78 is 0. The highest BCUT2D eigenvalue weighted by Gasteiger charge is 1.97. The van der Waals surface area contributed by atoms with E-state index < -0.39 is 5.60 Å². The molecule has 0 aromatic rings. The molecule has 0 radical (unpaired) electrons. The topological polar surface area (TPSA) is 41.5 Å². The van der Waals surface area contributed by atoms with Crippen molar-refractivity contribution in [2.45, 2.75) is 26.4 Å². The Hall–Kier alpha value is -0.120. The van der Waals surface area contributed by atoms with Gasteiger partial charge < -0.3 is 9.94 Å². The van der Waals surface area contributed by atoms with Gasteiger partial charge >= 0.3 is 0 Å². The number of hydrogen-bond acceptors (Lipinski definition) is 3. The number of rotatable bonds is 0. The molecule has 0 saturated carbocycles. The fourth-order valence-electron chi connectivity index (χ4n) is 0.102. The van der Waals surface area contributed by atoms with Gasteiger partial charge in [0.15, 0.2) is 0 Å². The van der Waals surface area contributed by atoms with Gasteiger partial charge in [-0.3, -0.25) is 0 Å². The summed E-state index contributed by atoms with van der Waals surface area (Å²) in [6.45, 7) is 7.15. The first-order valence-corrected chi connectivity index (χ1v) is 3.07. The van der Waals surface area contributed by atoms with Crippen molar-refractivity contribution in [3.63, 3.8) is 0 Å². The number of hydrogen-bond donors (Lipinski definition) is 2. The maximum atomic E-state index is 8.52. The van der Waals surface area contributed by atoms with Crippen LogP contribution in [0.15, 0.2) is 0 Å². The summed E-state index contributed by atoms with van der Waals surface area (Å²) in [6, 6.07) is 0. The molecule has 1 heterocycles. The summed E-state index contributed by atoms with van der Waals surface area (Å²) in [4.78, 5) is 4.47. The Bertz CT molecular complexity index is 53.9. The van der Waals surface area contributed by atoms with Gasteiger partial charge in [0.25, 0.3) is 0 Å². The Balaban J connectivity index is 0.000000144. The SMILES string of the molecule is C1CON1.CC(C)(C)O. The summed E-state index contributed by atoms with van der Waals surface area (Å²) in [6.07, 6.45) is 0. The molecule has 1 saturated heterocycles. The van der Waals surface area contributed by atoms with Crippen molar-refractivity contribution in [1.82, 2.24) is 5.48 Å². The minimum absolute atomic E-state index is 0.500. The second kappa shape index (κ2) is 3.82. The molecule has 9 heavy (non-hydrogen) atoms. The molecule has 3 heteroatoms. The van der Waals surface area contributed by atoms with Crippen LogP contribution in [0.1, 0.15) is 20.8 Å². The van der Waals surface area contributed by atoms with Crippen molar-refractivity contribution in [3.8, 4) is 0 Å². The Kier molecular flexibility index (Phi) is 3.77. The van der Waals surface area contributed by atoms with Crippen molar-refractivity contribution >= 4 is 0 Å². The lowest BCUT2D eigenvalue weighted by atomic mass is 10.2. The normalized spacial score (nSPS) is 17.3. The lowest BCUT2D eigenvalue weighted by Crippen LogP contribution is -2.32. The van der Waals surface area contributed by atoms with Crippen LogP contribution < -0.4 is 5.48 Å². The Morgan fingerprint density at radius 1 is 1.44 bits per heavy atom. The van der Waals surface area contributed by atoms with Crippen molar-refractivity contribution in [2.75, 3.05) is 13.2 Å². The van der Waals surface area contributed by atoms with E-state index in [0.717, 1.165) is 13.2 Å². The molecule has 56 valence electrons. The van der Waals surface area contributed by atoms with Crippen LogP contribution in [0.4, 0.5) is 0 Å². The zero-order valence-electron chi connectivity index (χ0n) is 6.27. The molecule has 2 N–H and O–H groups in total. The molecule has 0 amide bonds. The second-order valence-corrected chi connectivity index (χ2v) is 2.91. The predicted octanol–water partition coefficient (Wildman–Crippen LogP) is 0.298. The largest absolute Gasteiger partial charge is 0.391 e. The van der Waals surface area contributed by atoms with E-state index in [-0.39, 0.29) is 0 Å². The minimum Gasteiger partial charge on any atom is -0.391 e. The zero-order chi connectivity index (χ0) is 7.33. The molecule has 0 bridgehead atoms. The van der Waals surface area contributed by atoms with Crippen LogP contribution in [0.3, 0.4) is 0 Å². The quantitative estimate of drug-likeness (QED) is 0.499. The van der Waals surface area contributed by atoms with Gasteiger partial charge in [-0.05, 0) is 20.8 Å². The number of nitrogens with one attached hydrogen (secondary N) is 1. The molecule has 1 aliphatic heterocycles. The summed E-state index contributed by atoms with van der Waals surface area (Å²) in [5.41, 5.74) is 2.11. The highest BCUT2D eigenvalue weighted by atomic mass is 16.7. The first kappa shape index (κ1) is 8.88. The van der Waals surface area contributed by atoms with Gasteiger partial charge in [-0.1, -0.05) is 0 Å². The number of hydroxylamine groups is 1. The van der Waals surface area contributed by atoms with E-state index in [1.54, 1.807) is 20.8 Å². The summed E-state index contributed by atoms with van der Waals surface area (Å²) in [5, 5.41) is 8.52. The van der Waals surface area contributed by atoms with Gasteiger partial charge in [0.2, 0.25) is 0 Å². The molecule has 1 aliphatic rings. The lowest BCUT2D eigenvalue weighted by molar-refractivity contribution is -0.0478. The van der Waals surface area contributed by atoms with Crippen molar-refractivity contribution in [3.05, 3.63) is 0 Å². The van der Waals surface area contributed by atoms with Gasteiger partial charge in [-0.2, -0.15) is 0 Å². The van der Waals surface area contributed by atoms with Gasteiger partial charge in [-0.15, -0.1) is 0 Å². The van der Waals surface area contributed by atoms with Crippen LogP contribution in [0.5, 0.6) is 0 Å². The van der Waals surface area contributed by atoms with Crippen molar-refractivity contribution in [2.24, 2.45) is 0 Å². The third-order valence-corrected chi connectivity index (χ3v) is 0.408. The van der Waals surface area contributed by atoms with E-state index in [1.165, 1.54) is 0 Å². The van der Waals surface area contributed by atoms with Crippen LogP contribution in [0.2, 0.25) is 0 Å². The lowest BCUT2D eigenvalue weighted by Gasteiger charge is -2.10. The van der Waals surface area contributed by atoms with Gasteiger partial charge in [0.1, 0.15) is 0 Å². The third-order valence-electron chi connectivity index (χ3n) is 0.408. The van der Waals surface area contributed by atoms with Crippen LogP contribution in [0.25, 0.3) is 0 Å². The fourth-order valence-corrected chi connectivity index (χ4v) is 0.102. The average Bonchev–Trinajstić information content (AvgIpc) is 1.12. The Labute approximate surface area is 56.0 Å². The fraction of sp³-hybridized carbons (Fsp3) is 1.00. The average molecular weight is 133 g/mol. The van der Waals surface area contributed by atoms with Crippen LogP contribution in [-0.4, -0.2) is 23.9 Å². The first-order chi connectivity index (χ1) is 4.00. The molecule has 0 spiro atoms. The minimum atomic E-state index is -0.500. The van der Waals surface area contributed by atoms with Gasteiger partial charge in [0.05, 0.1) is 12.2 Å². The van der Waals surface area contributed by atoms with Gasteiger partial charge in [-0.25, -0.2) is 5.48 Å². The highest BCUT2D eigenvalue weighted by Crippen LogP contribution is 1.93. The zero-order valence-corrected chi connectivity index (χ0v) is 6.27. The summed E-state index contributed by atoms with van der Waals surface area (Å²) in [7, 11) is 0. The number of aliphatic hydroxyl groups is 1. The monoisotopic (exact) mass is 133 g/mol. The second-order valence-electron chi connectivity index (χ2n) is 2.91. The summed E-state index contributed by atoms with van der Waals surface area (Å²) >= 11 is 0. The standard InChI is InChI=1S/C4H10O.C2H5NO/c1-4(2,3)5;1-2-4-3-1/h5H,1-3H3;3H,1-2H2. The maximum Gasteiger partial charge on any atom is 0.0830 e. The molecular weight excluding hydrogens is 118 g/mol. The van der Waals surface area contributed by atoms with Crippen molar-refractivity contribution < 1.29 is 9.94 Å². The van der Waals surface area contributed by atoms with E-state index in [9.17, 15) is 0 Å². The molecule has 0 aromatic carbocycles. The third kappa shape index (κ3) is 18.1. The van der Waals surface area contributed by atoms with E-state index in [2.05, 4.69) is 10.3 Å². The van der Waals surface area contributed by atoms with E-state index in [4.69, 9.17) is 5.11 Å². The molecule has 0 atom stereocenters. The maximum absolute atomic E-state index is 8.52. The molecule has 0 aromatic heterocycles. The van der Waals surface area contributed by atoms with E-state index in [1.807, 2.05) is 0 Å². The Morgan fingerprint density at radius 2 is 1.56 bits per heavy atom. The van der Waals surface area contributed by atoms with Crippen LogP contribution in [0, 0.1) is 0 Å².